The first-order valence-corrected chi connectivity index (χ1v) is 10.0. The SMILES string of the molecule is C[NH+]=C(NC(=O)c1cc(Cl)c(OC)c(Cl)c1)/C(=C\N)C(=O)NCc1ccccc1C(F)(F)F. The van der Waals surface area contributed by atoms with Crippen LogP contribution in [0.1, 0.15) is 21.5 Å². The van der Waals surface area contributed by atoms with Gasteiger partial charge in [0.1, 0.15) is 5.57 Å². The lowest BCUT2D eigenvalue weighted by Crippen LogP contribution is -2.73. The van der Waals surface area contributed by atoms with Crippen molar-refractivity contribution in [3.8, 4) is 5.75 Å². The van der Waals surface area contributed by atoms with Crippen LogP contribution in [0.15, 0.2) is 48.2 Å². The van der Waals surface area contributed by atoms with Crippen molar-refractivity contribution in [2.45, 2.75) is 12.7 Å². The third-order valence-corrected chi connectivity index (χ3v) is 4.96. The molecule has 0 atom stereocenters. The molecule has 12 heteroatoms. The summed E-state index contributed by atoms with van der Waals surface area (Å²) in [7, 11) is 2.78. The highest BCUT2D eigenvalue weighted by Crippen LogP contribution is 2.34. The molecule has 2 amide bonds. The number of hydrogen-bond donors (Lipinski definition) is 4. The summed E-state index contributed by atoms with van der Waals surface area (Å²) in [5.41, 5.74) is 4.40. The molecular formula is C21H20Cl2F3N4O3+. The van der Waals surface area contributed by atoms with E-state index < -0.39 is 30.1 Å². The molecule has 2 aromatic rings. The Morgan fingerprint density at radius 2 is 1.79 bits per heavy atom. The highest BCUT2D eigenvalue weighted by atomic mass is 35.5. The Balaban J connectivity index is 2.17. The molecule has 0 aliphatic carbocycles. The highest BCUT2D eigenvalue weighted by Gasteiger charge is 2.33. The van der Waals surface area contributed by atoms with Crippen molar-refractivity contribution < 1.29 is 32.5 Å². The van der Waals surface area contributed by atoms with E-state index in [0.29, 0.717) is 0 Å². The zero-order valence-electron chi connectivity index (χ0n) is 17.4. The maximum Gasteiger partial charge on any atom is 0.416 e. The van der Waals surface area contributed by atoms with Crippen molar-refractivity contribution >= 4 is 40.9 Å². The number of amidine groups is 1. The van der Waals surface area contributed by atoms with Crippen LogP contribution in [0, 0.1) is 0 Å². The van der Waals surface area contributed by atoms with E-state index in [-0.39, 0.29) is 38.3 Å². The zero-order chi connectivity index (χ0) is 24.8. The summed E-state index contributed by atoms with van der Waals surface area (Å²) in [5.74, 6) is -1.40. The lowest BCUT2D eigenvalue weighted by atomic mass is 10.1. The lowest BCUT2D eigenvalue weighted by molar-refractivity contribution is -0.421. The maximum atomic E-state index is 13.2. The van der Waals surface area contributed by atoms with E-state index in [1.54, 1.807) is 0 Å². The van der Waals surface area contributed by atoms with Crippen molar-refractivity contribution in [2.24, 2.45) is 5.73 Å². The molecule has 33 heavy (non-hydrogen) atoms. The molecule has 0 aliphatic heterocycles. The molecule has 0 unspecified atom stereocenters. The van der Waals surface area contributed by atoms with Gasteiger partial charge in [-0.15, -0.1) is 0 Å². The molecule has 0 spiro atoms. The minimum atomic E-state index is -4.58. The number of nitrogens with one attached hydrogen (secondary N) is 3. The summed E-state index contributed by atoms with van der Waals surface area (Å²) < 4.78 is 44.5. The van der Waals surface area contributed by atoms with E-state index in [1.807, 2.05) is 0 Å². The van der Waals surface area contributed by atoms with Crippen LogP contribution >= 0.6 is 23.2 Å². The molecule has 0 heterocycles. The molecule has 0 aliphatic rings. The molecule has 0 bridgehead atoms. The van der Waals surface area contributed by atoms with Gasteiger partial charge in [-0.2, -0.15) is 13.2 Å². The van der Waals surface area contributed by atoms with Crippen molar-refractivity contribution in [1.29, 1.82) is 0 Å². The third kappa shape index (κ3) is 6.39. The topological polar surface area (TPSA) is 107 Å². The van der Waals surface area contributed by atoms with E-state index in [0.717, 1.165) is 12.3 Å². The van der Waals surface area contributed by atoms with Gasteiger partial charge in [0.25, 0.3) is 11.7 Å². The van der Waals surface area contributed by atoms with E-state index in [2.05, 4.69) is 15.6 Å². The molecule has 0 saturated heterocycles. The normalized spacial score (nSPS) is 12.3. The predicted molar refractivity (Wildman–Crippen MR) is 118 cm³/mol. The van der Waals surface area contributed by atoms with Crippen molar-refractivity contribution in [1.82, 2.24) is 10.6 Å². The molecule has 0 fully saturated rings. The molecule has 176 valence electrons. The minimum Gasteiger partial charge on any atom is -0.494 e. The van der Waals surface area contributed by atoms with Crippen LogP contribution in [0.2, 0.25) is 10.0 Å². The Morgan fingerprint density at radius 3 is 2.30 bits per heavy atom. The molecular weight excluding hydrogens is 484 g/mol. The highest BCUT2D eigenvalue weighted by molar-refractivity contribution is 6.38. The minimum absolute atomic E-state index is 0.0643. The fourth-order valence-corrected chi connectivity index (χ4v) is 3.47. The second kappa shape index (κ2) is 11.1. The zero-order valence-corrected chi connectivity index (χ0v) is 19.0. The van der Waals surface area contributed by atoms with Crippen molar-refractivity contribution in [3.05, 3.63) is 74.9 Å². The molecule has 0 saturated carbocycles. The first-order chi connectivity index (χ1) is 15.5. The summed E-state index contributed by atoms with van der Waals surface area (Å²) in [6, 6.07) is 7.46. The average molecular weight is 504 g/mol. The Morgan fingerprint density at radius 1 is 1.18 bits per heavy atom. The largest absolute Gasteiger partial charge is 0.494 e. The number of benzene rings is 2. The number of alkyl halides is 3. The van der Waals surface area contributed by atoms with Gasteiger partial charge in [0.15, 0.2) is 5.75 Å². The van der Waals surface area contributed by atoms with Gasteiger partial charge in [-0.1, -0.05) is 41.4 Å². The number of hydrogen-bond acceptors (Lipinski definition) is 4. The van der Waals surface area contributed by atoms with Crippen LogP contribution in [0.3, 0.4) is 0 Å². The monoisotopic (exact) mass is 503 g/mol. The van der Waals surface area contributed by atoms with E-state index in [4.69, 9.17) is 33.7 Å². The first kappa shape index (κ1) is 26.0. The van der Waals surface area contributed by atoms with Crippen LogP contribution in [0.4, 0.5) is 13.2 Å². The van der Waals surface area contributed by atoms with Crippen molar-refractivity contribution in [3.63, 3.8) is 0 Å². The van der Waals surface area contributed by atoms with Gasteiger partial charge in [0, 0.05) is 12.7 Å². The first-order valence-electron chi connectivity index (χ1n) is 9.28. The van der Waals surface area contributed by atoms with Crippen LogP contribution in [-0.4, -0.2) is 31.8 Å². The average Bonchev–Trinajstić information content (AvgIpc) is 2.76. The molecule has 7 nitrogen and oxygen atoms in total. The number of nitrogens with two attached hydrogens (primary N) is 1. The second-order valence-corrected chi connectivity index (χ2v) is 7.28. The van der Waals surface area contributed by atoms with Crippen LogP contribution in [0.5, 0.6) is 5.75 Å². The molecule has 2 rings (SSSR count). The van der Waals surface area contributed by atoms with Gasteiger partial charge < -0.3 is 15.8 Å². The van der Waals surface area contributed by atoms with Crippen LogP contribution in [0.25, 0.3) is 0 Å². The van der Waals surface area contributed by atoms with Gasteiger partial charge in [-0.3, -0.25) is 9.79 Å². The number of halogens is 5. The second-order valence-electron chi connectivity index (χ2n) is 6.47. The number of rotatable bonds is 6. The molecule has 5 N–H and O–H groups in total. The van der Waals surface area contributed by atoms with E-state index >= 15 is 0 Å². The lowest BCUT2D eigenvalue weighted by Gasteiger charge is -2.13. The molecule has 2 aromatic carbocycles. The summed E-state index contributed by atoms with van der Waals surface area (Å²) in [6.07, 6.45) is -3.67. The van der Waals surface area contributed by atoms with E-state index in [9.17, 15) is 22.8 Å². The fraction of sp³-hybridized carbons (Fsp3) is 0.190. The number of carbonyl (C=O) groups is 2. The summed E-state index contributed by atoms with van der Waals surface area (Å²) in [5, 5.41) is 5.01. The van der Waals surface area contributed by atoms with Gasteiger partial charge >= 0.3 is 12.1 Å². The number of carbonyl (C=O) groups excluding carboxylic acids is 2. The Kier molecular flexibility index (Phi) is 8.72. The van der Waals surface area contributed by atoms with Crippen molar-refractivity contribution in [2.75, 3.05) is 14.2 Å². The standard InChI is InChI=1S/C21H19Cl2F3N4O3/c1-28-18(30-19(31)12-7-15(22)17(33-2)16(23)8-12)13(9-27)20(32)29-10-11-5-3-4-6-14(11)21(24,25)26/h3-9H,10,27H2,1-2H3,(H,29,32)(H,28,30,31)/p+1/b13-9+. The predicted octanol–water partition coefficient (Wildman–Crippen LogP) is 2.02. The summed E-state index contributed by atoms with van der Waals surface area (Å²) in [4.78, 5) is 27.9. The quantitative estimate of drug-likeness (QED) is 0.274. The Bertz CT molecular complexity index is 1100. The Labute approximate surface area is 197 Å². The Hall–Kier alpha value is -3.24. The maximum absolute atomic E-state index is 13.2. The summed E-state index contributed by atoms with van der Waals surface area (Å²) >= 11 is 12.1. The number of amides is 2. The molecule has 0 aromatic heterocycles. The van der Waals surface area contributed by atoms with Gasteiger partial charge in [-0.05, 0) is 23.8 Å². The number of methoxy groups -OCH3 is 1. The smallest absolute Gasteiger partial charge is 0.416 e. The summed E-state index contributed by atoms with van der Waals surface area (Å²) in [6.45, 7) is -0.416. The molecule has 0 radical (unpaired) electrons. The third-order valence-electron chi connectivity index (χ3n) is 4.40. The van der Waals surface area contributed by atoms with Gasteiger partial charge in [0.05, 0.1) is 35.3 Å². The van der Waals surface area contributed by atoms with Gasteiger partial charge in [0.2, 0.25) is 0 Å². The van der Waals surface area contributed by atoms with Gasteiger partial charge in [-0.25, -0.2) is 10.1 Å². The van der Waals surface area contributed by atoms with Crippen LogP contribution < -0.4 is 26.1 Å². The fourth-order valence-electron chi connectivity index (χ4n) is 2.83. The van der Waals surface area contributed by atoms with E-state index in [1.165, 1.54) is 44.5 Å². The van der Waals surface area contributed by atoms with Crippen LogP contribution in [-0.2, 0) is 17.5 Å². The number of ether oxygens (including phenoxy) is 1.